The number of aryl methyl sites for hydroxylation is 2. The maximum Gasteiger partial charge on any atom is 0.332 e. The van der Waals surface area contributed by atoms with Gasteiger partial charge in [0.1, 0.15) is 5.39 Å². The number of fused-ring (bicyclic) bond motifs is 2. The smallest absolute Gasteiger partial charge is 0.325 e. The van der Waals surface area contributed by atoms with E-state index in [4.69, 9.17) is 0 Å². The van der Waals surface area contributed by atoms with Gasteiger partial charge in [-0.05, 0) is 28.3 Å². The molecule has 0 aliphatic heterocycles. The monoisotopic (exact) mass is 416 g/mol. The number of nitrogens with zero attached hydrogens (tertiary/aromatic N) is 3. The van der Waals surface area contributed by atoms with Crippen molar-refractivity contribution in [1.82, 2.24) is 14.1 Å². The topological polar surface area (TPSA) is 86.0 Å². The average molecular weight is 416 g/mol. The SMILES string of the molecule is CCCc1cnc2c(c1NC(=O)Cc1cccc3ccccc13)c(=O)n(C)c(=O)n2C. The third-order valence-corrected chi connectivity index (χ3v) is 5.56. The molecule has 0 spiro atoms. The van der Waals surface area contributed by atoms with Crippen molar-refractivity contribution in [3.8, 4) is 0 Å². The molecular formula is C24H24N4O3. The first-order chi connectivity index (χ1) is 14.9. The van der Waals surface area contributed by atoms with Crippen LogP contribution in [-0.4, -0.2) is 20.0 Å². The summed E-state index contributed by atoms with van der Waals surface area (Å²) in [5.74, 6) is -0.225. The molecule has 0 saturated carbocycles. The fraction of sp³-hybridized carbons (Fsp3) is 0.250. The Morgan fingerprint density at radius 3 is 2.52 bits per heavy atom. The van der Waals surface area contributed by atoms with Crippen LogP contribution >= 0.6 is 0 Å². The Hall–Kier alpha value is -3.74. The molecule has 4 aromatic rings. The summed E-state index contributed by atoms with van der Waals surface area (Å²) < 4.78 is 2.37. The van der Waals surface area contributed by atoms with E-state index in [-0.39, 0.29) is 23.4 Å². The summed E-state index contributed by atoms with van der Waals surface area (Å²) in [6.45, 7) is 2.02. The van der Waals surface area contributed by atoms with E-state index >= 15 is 0 Å². The van der Waals surface area contributed by atoms with Crippen molar-refractivity contribution in [2.75, 3.05) is 5.32 Å². The second-order valence-corrected chi connectivity index (χ2v) is 7.68. The molecule has 0 atom stereocenters. The molecule has 2 aromatic heterocycles. The molecule has 2 aromatic carbocycles. The molecule has 0 aliphatic carbocycles. The van der Waals surface area contributed by atoms with Crippen LogP contribution in [0.4, 0.5) is 5.69 Å². The molecule has 0 aliphatic rings. The van der Waals surface area contributed by atoms with Crippen LogP contribution in [0.2, 0.25) is 0 Å². The zero-order valence-electron chi connectivity index (χ0n) is 17.8. The number of amides is 1. The number of benzene rings is 2. The van der Waals surface area contributed by atoms with Gasteiger partial charge in [0.25, 0.3) is 5.56 Å². The van der Waals surface area contributed by atoms with Crippen LogP contribution in [0.15, 0.2) is 58.3 Å². The van der Waals surface area contributed by atoms with E-state index in [1.807, 2.05) is 49.4 Å². The van der Waals surface area contributed by atoms with Crippen molar-refractivity contribution in [2.24, 2.45) is 14.1 Å². The van der Waals surface area contributed by atoms with Crippen molar-refractivity contribution < 1.29 is 4.79 Å². The number of hydrogen-bond acceptors (Lipinski definition) is 4. The molecule has 1 amide bonds. The van der Waals surface area contributed by atoms with Crippen molar-refractivity contribution in [2.45, 2.75) is 26.2 Å². The second-order valence-electron chi connectivity index (χ2n) is 7.68. The van der Waals surface area contributed by atoms with E-state index in [0.29, 0.717) is 12.1 Å². The standard InChI is InChI=1S/C24H24N4O3/c1-4-8-17-14-25-22-20(23(30)28(3)24(31)27(22)2)21(17)26-19(29)13-16-11-7-10-15-9-5-6-12-18(15)16/h5-7,9-12,14H,4,8,13H2,1-3H3,(H,25,26,29). The first-order valence-electron chi connectivity index (χ1n) is 10.3. The van der Waals surface area contributed by atoms with Gasteiger partial charge < -0.3 is 5.32 Å². The Morgan fingerprint density at radius 2 is 1.74 bits per heavy atom. The van der Waals surface area contributed by atoms with E-state index in [9.17, 15) is 14.4 Å². The van der Waals surface area contributed by atoms with Crippen LogP contribution in [0.25, 0.3) is 21.8 Å². The van der Waals surface area contributed by atoms with E-state index < -0.39 is 11.2 Å². The average Bonchev–Trinajstić information content (AvgIpc) is 2.77. The van der Waals surface area contributed by atoms with Gasteiger partial charge >= 0.3 is 5.69 Å². The number of nitrogens with one attached hydrogen (secondary N) is 1. The van der Waals surface area contributed by atoms with Gasteiger partial charge in [0, 0.05) is 20.3 Å². The van der Waals surface area contributed by atoms with Crippen molar-refractivity contribution in [3.63, 3.8) is 0 Å². The van der Waals surface area contributed by atoms with Crippen LogP contribution in [0, 0.1) is 0 Å². The molecule has 1 N–H and O–H groups in total. The number of pyridine rings is 1. The Labute approximate surface area is 179 Å². The van der Waals surface area contributed by atoms with Crippen LogP contribution in [-0.2, 0) is 31.7 Å². The Kier molecular flexibility index (Phi) is 5.42. The summed E-state index contributed by atoms with van der Waals surface area (Å²) >= 11 is 0. The molecule has 7 nitrogen and oxygen atoms in total. The maximum absolute atomic E-state index is 13.1. The van der Waals surface area contributed by atoms with Gasteiger partial charge in [0.2, 0.25) is 5.91 Å². The minimum absolute atomic E-state index is 0.169. The zero-order valence-corrected chi connectivity index (χ0v) is 17.8. The maximum atomic E-state index is 13.1. The summed E-state index contributed by atoms with van der Waals surface area (Å²) in [4.78, 5) is 42.7. The fourth-order valence-corrected chi connectivity index (χ4v) is 3.97. The van der Waals surface area contributed by atoms with Crippen molar-refractivity contribution >= 4 is 33.4 Å². The molecule has 0 unspecified atom stereocenters. The van der Waals surface area contributed by atoms with Crippen LogP contribution in [0.3, 0.4) is 0 Å². The highest BCUT2D eigenvalue weighted by Crippen LogP contribution is 2.25. The molecule has 0 saturated heterocycles. The molecule has 0 fully saturated rings. The summed E-state index contributed by atoms with van der Waals surface area (Å²) in [5.41, 5.74) is 1.45. The number of aromatic nitrogens is 3. The molecule has 0 bridgehead atoms. The predicted octanol–water partition coefficient (Wildman–Crippen LogP) is 2.92. The zero-order chi connectivity index (χ0) is 22.1. The van der Waals surface area contributed by atoms with Crippen LogP contribution in [0.1, 0.15) is 24.5 Å². The van der Waals surface area contributed by atoms with E-state index in [1.165, 1.54) is 11.6 Å². The highest BCUT2D eigenvalue weighted by molar-refractivity contribution is 6.03. The Balaban J connectivity index is 1.81. The predicted molar refractivity (Wildman–Crippen MR) is 123 cm³/mol. The first-order valence-corrected chi connectivity index (χ1v) is 10.3. The number of carbonyl (C=O) groups is 1. The minimum Gasteiger partial charge on any atom is -0.325 e. The van der Waals surface area contributed by atoms with Crippen LogP contribution < -0.4 is 16.6 Å². The van der Waals surface area contributed by atoms with Crippen LogP contribution in [0.5, 0.6) is 0 Å². The van der Waals surface area contributed by atoms with E-state index in [2.05, 4.69) is 10.3 Å². The van der Waals surface area contributed by atoms with E-state index in [1.54, 1.807) is 13.2 Å². The van der Waals surface area contributed by atoms with Gasteiger partial charge in [-0.1, -0.05) is 55.8 Å². The second kappa shape index (κ2) is 8.18. The molecule has 7 heteroatoms. The summed E-state index contributed by atoms with van der Waals surface area (Å²) in [6, 6.07) is 13.8. The van der Waals surface area contributed by atoms with Gasteiger partial charge in [-0.2, -0.15) is 0 Å². The number of rotatable bonds is 5. The van der Waals surface area contributed by atoms with Gasteiger partial charge in [0.05, 0.1) is 12.1 Å². The highest BCUT2D eigenvalue weighted by Gasteiger charge is 2.19. The lowest BCUT2D eigenvalue weighted by Crippen LogP contribution is -2.38. The quantitative estimate of drug-likeness (QED) is 0.542. The number of anilines is 1. The molecule has 2 heterocycles. The van der Waals surface area contributed by atoms with Crippen molar-refractivity contribution in [1.29, 1.82) is 0 Å². The first kappa shape index (κ1) is 20.5. The molecular weight excluding hydrogens is 392 g/mol. The molecule has 31 heavy (non-hydrogen) atoms. The third kappa shape index (κ3) is 3.63. The summed E-state index contributed by atoms with van der Waals surface area (Å²) in [5, 5.41) is 5.30. The fourth-order valence-electron chi connectivity index (χ4n) is 3.97. The van der Waals surface area contributed by atoms with Gasteiger partial charge in [-0.3, -0.25) is 18.7 Å². The summed E-state index contributed by atoms with van der Waals surface area (Å²) in [7, 11) is 3.00. The van der Waals surface area contributed by atoms with Gasteiger partial charge in [-0.25, -0.2) is 9.78 Å². The lowest BCUT2D eigenvalue weighted by Gasteiger charge is -2.15. The molecule has 158 valence electrons. The third-order valence-electron chi connectivity index (χ3n) is 5.56. The largest absolute Gasteiger partial charge is 0.332 e. The Morgan fingerprint density at radius 1 is 1.00 bits per heavy atom. The summed E-state index contributed by atoms with van der Waals surface area (Å²) in [6.07, 6.45) is 3.28. The Bertz CT molecular complexity index is 1430. The van der Waals surface area contributed by atoms with E-state index in [0.717, 1.165) is 32.9 Å². The van der Waals surface area contributed by atoms with Gasteiger partial charge in [-0.15, -0.1) is 0 Å². The molecule has 4 rings (SSSR count). The van der Waals surface area contributed by atoms with Crippen molar-refractivity contribution in [3.05, 3.63) is 80.6 Å². The lowest BCUT2D eigenvalue weighted by atomic mass is 10.0. The highest BCUT2D eigenvalue weighted by atomic mass is 16.2. The minimum atomic E-state index is -0.469. The number of carbonyl (C=O) groups excluding carboxylic acids is 1. The lowest BCUT2D eigenvalue weighted by molar-refractivity contribution is -0.115. The molecule has 0 radical (unpaired) electrons. The normalized spacial score (nSPS) is 11.2. The number of hydrogen-bond donors (Lipinski definition) is 1. The van der Waals surface area contributed by atoms with Gasteiger partial charge in [0.15, 0.2) is 5.65 Å².